The van der Waals surface area contributed by atoms with Gasteiger partial charge in [-0.25, -0.2) is 4.39 Å². The number of fused-ring (bicyclic) bond motifs is 3. The Morgan fingerprint density at radius 3 is 2.67 bits per heavy atom. The largest absolute Gasteiger partial charge is 0.497 e. The average molecular weight is 512 g/mol. The van der Waals surface area contributed by atoms with Crippen molar-refractivity contribution in [3.05, 3.63) is 86.7 Å². The van der Waals surface area contributed by atoms with Crippen molar-refractivity contribution in [1.29, 1.82) is 0 Å². The Balaban J connectivity index is 1.67. The van der Waals surface area contributed by atoms with Gasteiger partial charge in [-0.1, -0.05) is 11.6 Å². The topological polar surface area (TPSA) is 100 Å². The minimum atomic E-state index is -2.13. The molecular weight excluding hydrogens is 489 g/mol. The second-order valence-electron chi connectivity index (χ2n) is 8.68. The van der Waals surface area contributed by atoms with Crippen molar-refractivity contribution in [2.24, 2.45) is 0 Å². The lowest BCUT2D eigenvalue weighted by atomic mass is 9.88. The zero-order valence-electron chi connectivity index (χ0n) is 19.7. The highest BCUT2D eigenvalue weighted by Gasteiger charge is 2.49. The van der Waals surface area contributed by atoms with Crippen molar-refractivity contribution >= 4 is 29.1 Å². The Labute approximate surface area is 211 Å². The van der Waals surface area contributed by atoms with Gasteiger partial charge in [-0.3, -0.25) is 9.59 Å². The van der Waals surface area contributed by atoms with E-state index in [1.54, 1.807) is 32.4 Å². The average Bonchev–Trinajstić information content (AvgIpc) is 3.31. The second kappa shape index (κ2) is 8.69. The van der Waals surface area contributed by atoms with E-state index in [9.17, 15) is 19.1 Å². The number of ether oxygens (including phenoxy) is 2. The van der Waals surface area contributed by atoms with Gasteiger partial charge >= 0.3 is 0 Å². The van der Waals surface area contributed by atoms with Crippen LogP contribution in [0.15, 0.2) is 42.5 Å². The first-order chi connectivity index (χ1) is 17.2. The summed E-state index contributed by atoms with van der Waals surface area (Å²) in [6.07, 6.45) is 0. The Hall–Kier alpha value is -3.82. The summed E-state index contributed by atoms with van der Waals surface area (Å²) in [6, 6.07) is 10.5. The lowest BCUT2D eigenvalue weighted by molar-refractivity contribution is 0.0478. The molecule has 2 aliphatic rings. The van der Waals surface area contributed by atoms with E-state index in [0.29, 0.717) is 28.3 Å². The van der Waals surface area contributed by atoms with E-state index >= 15 is 0 Å². The molecule has 10 heteroatoms. The summed E-state index contributed by atoms with van der Waals surface area (Å²) in [6.45, 7) is 0.424. The Bertz CT molecular complexity index is 1430. The van der Waals surface area contributed by atoms with E-state index in [4.69, 9.17) is 21.1 Å². The number of hydrogen-bond acceptors (Lipinski definition) is 6. The monoisotopic (exact) mass is 511 g/mol. The molecule has 0 aromatic heterocycles. The number of hydrogen-bond donors (Lipinski definition) is 3. The number of methoxy groups -OCH3 is 2. The maximum absolute atomic E-state index is 14.2. The van der Waals surface area contributed by atoms with Gasteiger partial charge in [-0.15, -0.1) is 0 Å². The van der Waals surface area contributed by atoms with E-state index in [2.05, 4.69) is 10.6 Å². The zero-order chi connectivity index (χ0) is 25.8. The highest BCUT2D eigenvalue weighted by molar-refractivity contribution is 6.31. The molecule has 0 bridgehead atoms. The molecule has 0 saturated carbocycles. The van der Waals surface area contributed by atoms with E-state index in [-0.39, 0.29) is 40.7 Å². The molecule has 2 aliphatic heterocycles. The molecular formula is C26H23ClFN3O5. The molecule has 8 nitrogen and oxygen atoms in total. The van der Waals surface area contributed by atoms with Crippen LogP contribution in [-0.4, -0.2) is 43.1 Å². The number of amides is 2. The molecule has 3 aromatic carbocycles. The van der Waals surface area contributed by atoms with Gasteiger partial charge in [-0.2, -0.15) is 0 Å². The first-order valence-electron chi connectivity index (χ1n) is 11.1. The van der Waals surface area contributed by atoms with Crippen molar-refractivity contribution in [2.45, 2.75) is 18.8 Å². The number of carbonyl (C=O) groups is 2. The van der Waals surface area contributed by atoms with E-state index in [0.717, 1.165) is 17.7 Å². The van der Waals surface area contributed by atoms with Gasteiger partial charge in [0.1, 0.15) is 17.3 Å². The predicted octanol–water partition coefficient (Wildman–Crippen LogP) is 3.63. The molecule has 0 fully saturated rings. The van der Waals surface area contributed by atoms with E-state index in [1.165, 1.54) is 18.1 Å². The van der Waals surface area contributed by atoms with Crippen LogP contribution in [0.2, 0.25) is 5.02 Å². The van der Waals surface area contributed by atoms with Crippen molar-refractivity contribution < 1.29 is 28.6 Å². The number of nitrogens with one attached hydrogen (secondary N) is 2. The molecule has 2 amide bonds. The highest BCUT2D eigenvalue weighted by atomic mass is 35.5. The molecule has 3 N–H and O–H groups in total. The standard InChI is InChI=1S/C26H23ClFN3O5/c1-31-12-17-16(25(31)33)10-20(29-11-13-4-6-15(35-2)9-21(13)36-3)23-22(17)24(32)30-26(23,34)18-8-14(28)5-7-19(18)27/h4-10,29,34H,11-12H2,1-3H3,(H,30,32). The SMILES string of the molecule is COc1ccc(CNc2cc3c(c4c2C(O)(c2cc(F)ccc2Cl)NC4=O)CN(C)C3=O)c(OC)c1. The molecule has 0 spiro atoms. The molecule has 3 aromatic rings. The van der Waals surface area contributed by atoms with Crippen LogP contribution in [0.4, 0.5) is 10.1 Å². The van der Waals surface area contributed by atoms with Gasteiger partial charge < -0.3 is 30.1 Å². The molecule has 1 unspecified atom stereocenters. The summed E-state index contributed by atoms with van der Waals surface area (Å²) in [5, 5.41) is 17.7. The fourth-order valence-corrected chi connectivity index (χ4v) is 5.07. The first kappa shape index (κ1) is 23.9. The third-order valence-corrected chi connectivity index (χ3v) is 6.90. The fraction of sp³-hybridized carbons (Fsp3) is 0.231. The summed E-state index contributed by atoms with van der Waals surface area (Å²) >= 11 is 6.35. The normalized spacial score (nSPS) is 18.1. The minimum absolute atomic E-state index is 0.0148. The number of aliphatic hydroxyl groups is 1. The Morgan fingerprint density at radius 1 is 1.17 bits per heavy atom. The van der Waals surface area contributed by atoms with Gasteiger partial charge in [0.25, 0.3) is 11.8 Å². The third-order valence-electron chi connectivity index (χ3n) is 6.57. The van der Waals surface area contributed by atoms with Gasteiger partial charge in [0, 0.05) is 59.2 Å². The minimum Gasteiger partial charge on any atom is -0.497 e. The van der Waals surface area contributed by atoms with E-state index in [1.807, 2.05) is 6.07 Å². The van der Waals surface area contributed by atoms with Crippen LogP contribution < -0.4 is 20.1 Å². The van der Waals surface area contributed by atoms with Crippen molar-refractivity contribution in [2.75, 3.05) is 26.6 Å². The van der Waals surface area contributed by atoms with Crippen molar-refractivity contribution in [3.8, 4) is 11.5 Å². The van der Waals surface area contributed by atoms with Crippen molar-refractivity contribution in [3.63, 3.8) is 0 Å². The Kier molecular flexibility index (Phi) is 5.77. The fourth-order valence-electron chi connectivity index (χ4n) is 4.81. The molecule has 0 radical (unpaired) electrons. The second-order valence-corrected chi connectivity index (χ2v) is 9.09. The van der Waals surface area contributed by atoms with Crippen LogP contribution in [0.3, 0.4) is 0 Å². The molecule has 1 atom stereocenters. The molecule has 36 heavy (non-hydrogen) atoms. The van der Waals surface area contributed by atoms with E-state index < -0.39 is 17.4 Å². The predicted molar refractivity (Wildman–Crippen MR) is 131 cm³/mol. The molecule has 186 valence electrons. The smallest absolute Gasteiger partial charge is 0.254 e. The summed E-state index contributed by atoms with van der Waals surface area (Å²) in [4.78, 5) is 27.5. The number of anilines is 1. The van der Waals surface area contributed by atoms with Crippen LogP contribution >= 0.6 is 11.6 Å². The number of carbonyl (C=O) groups excluding carboxylic acids is 2. The van der Waals surface area contributed by atoms with Crippen LogP contribution in [0.1, 0.15) is 43.0 Å². The van der Waals surface area contributed by atoms with Crippen molar-refractivity contribution in [1.82, 2.24) is 10.2 Å². The van der Waals surface area contributed by atoms with Gasteiger partial charge in [0.05, 0.1) is 19.8 Å². The number of benzene rings is 3. The quantitative estimate of drug-likeness (QED) is 0.467. The van der Waals surface area contributed by atoms with Crippen LogP contribution in [0, 0.1) is 5.82 Å². The lowest BCUT2D eigenvalue weighted by Crippen LogP contribution is -2.41. The number of halogens is 2. The van der Waals surface area contributed by atoms with Gasteiger partial charge in [-0.05, 0) is 42.0 Å². The first-order valence-corrected chi connectivity index (χ1v) is 11.5. The van der Waals surface area contributed by atoms with Crippen LogP contribution in [0.25, 0.3) is 0 Å². The summed E-state index contributed by atoms with van der Waals surface area (Å²) in [5.41, 5.74) is 0.130. The number of rotatable bonds is 6. The maximum atomic E-state index is 14.2. The summed E-state index contributed by atoms with van der Waals surface area (Å²) in [7, 11) is 4.72. The van der Waals surface area contributed by atoms with Crippen LogP contribution in [0.5, 0.6) is 11.5 Å². The highest BCUT2D eigenvalue weighted by Crippen LogP contribution is 2.46. The molecule has 2 heterocycles. The Morgan fingerprint density at radius 2 is 1.94 bits per heavy atom. The zero-order valence-corrected chi connectivity index (χ0v) is 20.5. The van der Waals surface area contributed by atoms with Gasteiger partial charge in [0.15, 0.2) is 5.72 Å². The van der Waals surface area contributed by atoms with Crippen LogP contribution in [-0.2, 0) is 18.8 Å². The summed E-state index contributed by atoms with van der Waals surface area (Å²) < 4.78 is 24.9. The maximum Gasteiger partial charge on any atom is 0.254 e. The lowest BCUT2D eigenvalue weighted by Gasteiger charge is -2.28. The molecule has 0 aliphatic carbocycles. The molecule has 5 rings (SSSR count). The number of nitrogens with zero attached hydrogens (tertiary/aromatic N) is 1. The summed E-state index contributed by atoms with van der Waals surface area (Å²) in [5.74, 6) is -0.275. The van der Waals surface area contributed by atoms with Gasteiger partial charge in [0.2, 0.25) is 0 Å². The molecule has 0 saturated heterocycles. The third kappa shape index (κ3) is 3.63.